The van der Waals surface area contributed by atoms with Crippen molar-refractivity contribution in [3.63, 3.8) is 0 Å². The lowest BCUT2D eigenvalue weighted by Gasteiger charge is -2.34. The van der Waals surface area contributed by atoms with E-state index in [0.29, 0.717) is 52.5 Å². The molecule has 0 aliphatic carbocycles. The van der Waals surface area contributed by atoms with Crippen molar-refractivity contribution < 1.29 is 38.5 Å². The van der Waals surface area contributed by atoms with Gasteiger partial charge in [-0.2, -0.15) is 0 Å². The normalized spacial score (nSPS) is 21.4. The smallest absolute Gasteiger partial charge is 0.158 e. The lowest BCUT2D eigenvalue weighted by molar-refractivity contribution is -0.332. The molecule has 8 nitrogen and oxygen atoms in total. The minimum Gasteiger partial charge on any atom is -0.350 e. The highest BCUT2D eigenvalue weighted by Crippen LogP contribution is 2.35. The van der Waals surface area contributed by atoms with Crippen molar-refractivity contribution in [2.75, 3.05) is 53.9 Å². The van der Waals surface area contributed by atoms with Crippen LogP contribution in [0.15, 0.2) is 0 Å². The van der Waals surface area contributed by atoms with Gasteiger partial charge in [-0.1, -0.05) is 0 Å². The first kappa shape index (κ1) is 17.0. The lowest BCUT2D eigenvalue weighted by Crippen LogP contribution is -2.39. The monoisotopic (exact) mass is 308 g/mol. The van der Waals surface area contributed by atoms with Crippen molar-refractivity contribution >= 4 is 0 Å². The van der Waals surface area contributed by atoms with E-state index in [1.165, 1.54) is 14.2 Å². The minimum absolute atomic E-state index is 0.291. The van der Waals surface area contributed by atoms with Crippen LogP contribution in [0.4, 0.5) is 0 Å². The Bertz CT molecular complexity index is 247. The molecule has 0 saturated carbocycles. The third-order valence-corrected chi connectivity index (χ3v) is 3.55. The summed E-state index contributed by atoms with van der Waals surface area (Å²) in [7, 11) is 2.93. The summed E-state index contributed by atoms with van der Waals surface area (Å²) in [5.74, 6) is 0. The highest BCUT2D eigenvalue weighted by Gasteiger charge is 2.40. The molecule has 2 aliphatic rings. The summed E-state index contributed by atoms with van der Waals surface area (Å²) in [6, 6.07) is 0. The van der Waals surface area contributed by atoms with Crippen LogP contribution >= 0.6 is 0 Å². The second-order valence-electron chi connectivity index (χ2n) is 5.11. The van der Waals surface area contributed by atoms with Crippen molar-refractivity contribution in [1.82, 2.24) is 0 Å². The highest BCUT2D eigenvalue weighted by molar-refractivity contribution is 4.83. The zero-order valence-corrected chi connectivity index (χ0v) is 12.6. The molecule has 0 aromatic carbocycles. The van der Waals surface area contributed by atoms with Gasteiger partial charge in [-0.3, -0.25) is 0 Å². The molecule has 0 radical (unpaired) electrons. The van der Waals surface area contributed by atoms with E-state index in [-0.39, 0.29) is 12.6 Å². The molecule has 0 unspecified atom stereocenters. The zero-order chi connectivity index (χ0) is 15.0. The molecular formula is C13H24O8. The molecular weight excluding hydrogens is 284 g/mol. The molecule has 0 spiro atoms. The second kappa shape index (κ2) is 8.96. The summed E-state index contributed by atoms with van der Waals surface area (Å²) in [5.41, 5.74) is -0.462. The maximum absolute atomic E-state index is 5.54. The van der Waals surface area contributed by atoms with Gasteiger partial charge >= 0.3 is 0 Å². The van der Waals surface area contributed by atoms with Gasteiger partial charge in [0.2, 0.25) is 0 Å². The Hall–Kier alpha value is -0.320. The summed E-state index contributed by atoms with van der Waals surface area (Å²) >= 11 is 0. The van der Waals surface area contributed by atoms with Crippen molar-refractivity contribution in [2.24, 2.45) is 5.41 Å². The molecule has 124 valence electrons. The van der Waals surface area contributed by atoms with Crippen molar-refractivity contribution in [1.29, 1.82) is 0 Å². The van der Waals surface area contributed by atoms with Gasteiger partial charge in [0, 0.05) is 18.3 Å². The third-order valence-electron chi connectivity index (χ3n) is 3.55. The average Bonchev–Trinajstić information content (AvgIpc) is 3.16. The molecule has 8 heteroatoms. The fourth-order valence-electron chi connectivity index (χ4n) is 2.49. The predicted molar refractivity (Wildman–Crippen MR) is 69.0 cm³/mol. The maximum Gasteiger partial charge on any atom is 0.158 e. The Balaban J connectivity index is 2.00. The van der Waals surface area contributed by atoms with Crippen LogP contribution in [0.5, 0.6) is 0 Å². The molecule has 2 rings (SSSR count). The molecule has 0 N–H and O–H groups in total. The van der Waals surface area contributed by atoms with Crippen LogP contribution in [-0.4, -0.2) is 66.4 Å². The topological polar surface area (TPSA) is 73.8 Å². The Morgan fingerprint density at radius 3 is 1.48 bits per heavy atom. The SMILES string of the molecule is COOCC(COOC)(CC1OCCO1)CC1OCCO1. The molecule has 2 heterocycles. The Kier molecular flexibility index (Phi) is 7.27. The number of ether oxygens (including phenoxy) is 4. The Morgan fingerprint density at radius 2 is 1.14 bits per heavy atom. The van der Waals surface area contributed by atoms with Crippen LogP contribution in [0.2, 0.25) is 0 Å². The zero-order valence-electron chi connectivity index (χ0n) is 12.6. The first-order valence-electron chi connectivity index (χ1n) is 7.06. The second-order valence-corrected chi connectivity index (χ2v) is 5.11. The van der Waals surface area contributed by atoms with E-state index in [0.717, 1.165) is 0 Å². The number of hydrogen-bond donors (Lipinski definition) is 0. The molecule has 0 aromatic heterocycles. The van der Waals surface area contributed by atoms with E-state index in [1.54, 1.807) is 0 Å². The predicted octanol–water partition coefficient (Wildman–Crippen LogP) is 0.655. The fourth-order valence-corrected chi connectivity index (χ4v) is 2.49. The van der Waals surface area contributed by atoms with Crippen molar-refractivity contribution in [3.8, 4) is 0 Å². The molecule has 0 atom stereocenters. The van der Waals surface area contributed by atoms with E-state index in [9.17, 15) is 0 Å². The van der Waals surface area contributed by atoms with Crippen molar-refractivity contribution in [2.45, 2.75) is 25.4 Å². The third kappa shape index (κ3) is 5.42. The molecule has 0 amide bonds. The molecule has 2 saturated heterocycles. The first-order valence-corrected chi connectivity index (χ1v) is 7.06. The summed E-state index contributed by atoms with van der Waals surface area (Å²) in [4.78, 5) is 19.8. The van der Waals surface area contributed by atoms with Gasteiger partial charge in [-0.25, -0.2) is 19.6 Å². The molecule has 0 aromatic rings. The van der Waals surface area contributed by atoms with Gasteiger partial charge in [0.15, 0.2) is 12.6 Å². The average molecular weight is 308 g/mol. The van der Waals surface area contributed by atoms with Crippen LogP contribution in [0, 0.1) is 5.41 Å². The summed E-state index contributed by atoms with van der Waals surface area (Å²) in [5, 5.41) is 0. The number of hydrogen-bond acceptors (Lipinski definition) is 8. The first-order chi connectivity index (χ1) is 10.3. The maximum atomic E-state index is 5.54. The van der Waals surface area contributed by atoms with E-state index in [2.05, 4.69) is 0 Å². The largest absolute Gasteiger partial charge is 0.350 e. The molecule has 2 aliphatic heterocycles. The van der Waals surface area contributed by atoms with Gasteiger partial charge in [-0.15, -0.1) is 0 Å². The summed E-state index contributed by atoms with van der Waals surface area (Å²) in [6.07, 6.45) is 0.547. The Labute approximate surface area is 124 Å². The minimum atomic E-state index is -0.462. The van der Waals surface area contributed by atoms with Crippen LogP contribution in [0.25, 0.3) is 0 Å². The summed E-state index contributed by atoms with van der Waals surface area (Å²) < 4.78 is 22.1. The van der Waals surface area contributed by atoms with E-state index in [4.69, 9.17) is 38.5 Å². The van der Waals surface area contributed by atoms with Gasteiger partial charge in [0.1, 0.15) is 0 Å². The molecule has 21 heavy (non-hydrogen) atoms. The van der Waals surface area contributed by atoms with Gasteiger partial charge in [-0.05, 0) is 0 Å². The number of rotatable bonds is 10. The van der Waals surface area contributed by atoms with Crippen LogP contribution in [0.3, 0.4) is 0 Å². The van der Waals surface area contributed by atoms with Crippen molar-refractivity contribution in [3.05, 3.63) is 0 Å². The molecule has 2 fully saturated rings. The van der Waals surface area contributed by atoms with Crippen LogP contribution in [0.1, 0.15) is 12.8 Å². The van der Waals surface area contributed by atoms with E-state index in [1.807, 2.05) is 0 Å². The van der Waals surface area contributed by atoms with Gasteiger partial charge in [0.25, 0.3) is 0 Å². The van der Waals surface area contributed by atoms with E-state index < -0.39 is 5.41 Å². The van der Waals surface area contributed by atoms with E-state index >= 15 is 0 Å². The van der Waals surface area contributed by atoms with Gasteiger partial charge < -0.3 is 18.9 Å². The quantitative estimate of drug-likeness (QED) is 0.430. The summed E-state index contributed by atoms with van der Waals surface area (Å²) in [6.45, 7) is 2.94. The van der Waals surface area contributed by atoms with Crippen LogP contribution in [-0.2, 0) is 38.5 Å². The molecule has 0 bridgehead atoms. The highest BCUT2D eigenvalue weighted by atomic mass is 17.2. The fraction of sp³-hybridized carbons (Fsp3) is 1.00. The lowest BCUT2D eigenvalue weighted by atomic mass is 9.82. The van der Waals surface area contributed by atoms with Crippen LogP contribution < -0.4 is 0 Å². The van der Waals surface area contributed by atoms with Gasteiger partial charge in [0.05, 0.1) is 53.9 Å². The Morgan fingerprint density at radius 1 is 0.762 bits per heavy atom. The standard InChI is InChI=1S/C13H24O8/c1-14-20-9-13(10-21-15-2,7-11-16-3-4-17-11)8-12-18-5-6-19-12/h11-12H,3-10H2,1-2H3.